The number of carbonyl (C=O) groups excluding carboxylic acids is 1. The fourth-order valence-electron chi connectivity index (χ4n) is 4.41. The average Bonchev–Trinajstić information content (AvgIpc) is 2.76. The van der Waals surface area contributed by atoms with Gasteiger partial charge >= 0.3 is 5.97 Å². The molecule has 0 saturated carbocycles. The Morgan fingerprint density at radius 2 is 1.22 bits per heavy atom. The van der Waals surface area contributed by atoms with Crippen LogP contribution in [0.3, 0.4) is 0 Å². The molecule has 1 fully saturated rings. The molecule has 0 aliphatic carbocycles. The lowest BCUT2D eigenvalue weighted by atomic mass is 10.0. The lowest BCUT2D eigenvalue weighted by molar-refractivity contribution is -0.150. The highest BCUT2D eigenvalue weighted by atomic mass is 32.2. The molecule has 5 nitrogen and oxygen atoms in total. The second-order valence-corrected chi connectivity index (χ2v) is 12.0. The van der Waals surface area contributed by atoms with Crippen LogP contribution in [-0.2, 0) is 19.4 Å². The smallest absolute Gasteiger partial charge is 0.306 e. The van der Waals surface area contributed by atoms with Crippen LogP contribution in [0.4, 0.5) is 0 Å². The van der Waals surface area contributed by atoms with E-state index in [1.165, 1.54) is 70.6 Å². The maximum atomic E-state index is 12.4. The molecule has 0 N–H and O–H groups in total. The number of hydrogen-bond acceptors (Lipinski definition) is 5. The standard InChI is InChI=1S/C26H51NO4S/c1-3-5-7-9-11-13-15-18-25(17-14-12-10-8-6-4-2)31-26(28)19-16-20-27-21-23-32(29,30)24-22-27/h25H,3-24H2,1-2H3. The summed E-state index contributed by atoms with van der Waals surface area (Å²) in [7, 11) is -2.84. The molecule has 0 amide bonds. The largest absolute Gasteiger partial charge is 0.462 e. The quantitative estimate of drug-likeness (QED) is 0.153. The summed E-state index contributed by atoms with van der Waals surface area (Å²) in [5.74, 6) is 0.417. The third-order valence-electron chi connectivity index (χ3n) is 6.60. The van der Waals surface area contributed by atoms with Crippen LogP contribution in [-0.4, -0.2) is 56.5 Å². The maximum absolute atomic E-state index is 12.4. The van der Waals surface area contributed by atoms with E-state index in [1.807, 2.05) is 0 Å². The van der Waals surface area contributed by atoms with Crippen molar-refractivity contribution in [3.63, 3.8) is 0 Å². The Kier molecular flexibility index (Phi) is 17.2. The molecule has 0 aromatic carbocycles. The van der Waals surface area contributed by atoms with Gasteiger partial charge in [0.25, 0.3) is 0 Å². The Morgan fingerprint density at radius 3 is 1.72 bits per heavy atom. The van der Waals surface area contributed by atoms with Crippen molar-refractivity contribution in [2.75, 3.05) is 31.1 Å². The van der Waals surface area contributed by atoms with Gasteiger partial charge in [0.15, 0.2) is 9.84 Å². The molecule has 1 aliphatic heterocycles. The van der Waals surface area contributed by atoms with E-state index in [2.05, 4.69) is 18.7 Å². The van der Waals surface area contributed by atoms with Gasteiger partial charge in [0.2, 0.25) is 0 Å². The zero-order chi connectivity index (χ0) is 23.5. The van der Waals surface area contributed by atoms with Gasteiger partial charge in [-0.05, 0) is 38.6 Å². The zero-order valence-electron chi connectivity index (χ0n) is 21.1. The first-order valence-corrected chi connectivity index (χ1v) is 15.4. The van der Waals surface area contributed by atoms with Gasteiger partial charge in [-0.3, -0.25) is 4.79 Å². The fourth-order valence-corrected chi connectivity index (χ4v) is 5.69. The number of unbranched alkanes of at least 4 members (excludes halogenated alkanes) is 11. The first-order valence-electron chi connectivity index (χ1n) is 13.6. The zero-order valence-corrected chi connectivity index (χ0v) is 21.9. The monoisotopic (exact) mass is 473 g/mol. The Bertz CT molecular complexity index is 550. The molecule has 0 radical (unpaired) electrons. The van der Waals surface area contributed by atoms with E-state index >= 15 is 0 Å². The van der Waals surface area contributed by atoms with Crippen molar-refractivity contribution in [3.8, 4) is 0 Å². The SMILES string of the molecule is CCCCCCCCCC(CCCCCCCC)OC(=O)CCCN1CCS(=O)(=O)CC1. The van der Waals surface area contributed by atoms with Crippen LogP contribution < -0.4 is 0 Å². The fraction of sp³-hybridized carbons (Fsp3) is 0.962. The molecule has 0 aromatic heterocycles. The topological polar surface area (TPSA) is 63.7 Å². The van der Waals surface area contributed by atoms with E-state index < -0.39 is 9.84 Å². The predicted octanol–water partition coefficient (Wildman–Crippen LogP) is 6.30. The van der Waals surface area contributed by atoms with Crippen molar-refractivity contribution in [2.45, 2.75) is 129 Å². The first kappa shape index (κ1) is 29.4. The number of hydrogen-bond donors (Lipinski definition) is 0. The van der Waals surface area contributed by atoms with Crippen LogP contribution in [0.25, 0.3) is 0 Å². The van der Waals surface area contributed by atoms with E-state index in [-0.39, 0.29) is 23.6 Å². The second kappa shape index (κ2) is 18.8. The van der Waals surface area contributed by atoms with Crippen molar-refractivity contribution >= 4 is 15.8 Å². The minimum Gasteiger partial charge on any atom is -0.462 e. The second-order valence-electron chi connectivity index (χ2n) is 9.68. The average molecular weight is 474 g/mol. The van der Waals surface area contributed by atoms with Crippen LogP contribution in [0.2, 0.25) is 0 Å². The van der Waals surface area contributed by atoms with E-state index in [1.54, 1.807) is 0 Å². The van der Waals surface area contributed by atoms with E-state index in [0.717, 1.165) is 38.6 Å². The lowest BCUT2D eigenvalue weighted by Crippen LogP contribution is -2.40. The van der Waals surface area contributed by atoms with Crippen molar-refractivity contribution in [1.82, 2.24) is 4.90 Å². The lowest BCUT2D eigenvalue weighted by Gasteiger charge is -2.26. The molecule has 6 heteroatoms. The number of carbonyl (C=O) groups is 1. The van der Waals surface area contributed by atoms with Gasteiger partial charge in [-0.1, -0.05) is 84.5 Å². The number of nitrogens with zero attached hydrogens (tertiary/aromatic N) is 1. The molecule has 1 unspecified atom stereocenters. The van der Waals surface area contributed by atoms with Gasteiger partial charge in [0.1, 0.15) is 6.10 Å². The third-order valence-corrected chi connectivity index (χ3v) is 8.21. The van der Waals surface area contributed by atoms with Crippen LogP contribution in [0.1, 0.15) is 123 Å². The van der Waals surface area contributed by atoms with Crippen molar-refractivity contribution in [3.05, 3.63) is 0 Å². The minimum atomic E-state index is -2.84. The van der Waals surface area contributed by atoms with Gasteiger partial charge in [-0.25, -0.2) is 8.42 Å². The van der Waals surface area contributed by atoms with Gasteiger partial charge in [-0.2, -0.15) is 0 Å². The highest BCUT2D eigenvalue weighted by Gasteiger charge is 2.21. The Labute approximate surface area is 199 Å². The minimum absolute atomic E-state index is 0.0736. The molecular weight excluding hydrogens is 422 g/mol. The summed E-state index contributed by atoms with van der Waals surface area (Å²) < 4.78 is 29.0. The Morgan fingerprint density at radius 1 is 0.750 bits per heavy atom. The molecule has 0 aromatic rings. The summed E-state index contributed by atoms with van der Waals surface area (Å²) in [5.41, 5.74) is 0. The highest BCUT2D eigenvalue weighted by molar-refractivity contribution is 7.91. The van der Waals surface area contributed by atoms with Crippen LogP contribution >= 0.6 is 0 Å². The molecule has 1 saturated heterocycles. The van der Waals surface area contributed by atoms with E-state index in [4.69, 9.17) is 4.74 Å². The summed E-state index contributed by atoms with van der Waals surface area (Å²) >= 11 is 0. The number of esters is 1. The van der Waals surface area contributed by atoms with Gasteiger partial charge in [0.05, 0.1) is 11.5 Å². The third kappa shape index (κ3) is 16.1. The van der Waals surface area contributed by atoms with Gasteiger partial charge in [-0.15, -0.1) is 0 Å². The molecule has 0 spiro atoms. The van der Waals surface area contributed by atoms with E-state index in [0.29, 0.717) is 19.5 Å². The van der Waals surface area contributed by atoms with Crippen molar-refractivity contribution in [1.29, 1.82) is 0 Å². The molecular formula is C26H51NO4S. The number of sulfone groups is 1. The summed E-state index contributed by atoms with van der Waals surface area (Å²) in [6, 6.07) is 0. The first-order chi connectivity index (χ1) is 15.5. The summed E-state index contributed by atoms with van der Waals surface area (Å²) in [6.45, 7) is 6.46. The molecule has 1 rings (SSSR count). The van der Waals surface area contributed by atoms with Crippen LogP contribution in [0.15, 0.2) is 0 Å². The summed E-state index contributed by atoms with van der Waals surface area (Å²) in [5, 5.41) is 0. The number of ether oxygens (including phenoxy) is 1. The van der Waals surface area contributed by atoms with Crippen molar-refractivity contribution < 1.29 is 17.9 Å². The van der Waals surface area contributed by atoms with Crippen molar-refractivity contribution in [2.24, 2.45) is 0 Å². The molecule has 190 valence electrons. The maximum Gasteiger partial charge on any atom is 0.306 e. The summed E-state index contributed by atoms with van der Waals surface area (Å²) in [4.78, 5) is 14.6. The highest BCUT2D eigenvalue weighted by Crippen LogP contribution is 2.18. The Hall–Kier alpha value is -0.620. The van der Waals surface area contributed by atoms with Crippen LogP contribution in [0.5, 0.6) is 0 Å². The molecule has 1 atom stereocenters. The van der Waals surface area contributed by atoms with Gasteiger partial charge < -0.3 is 9.64 Å². The van der Waals surface area contributed by atoms with Crippen LogP contribution in [0, 0.1) is 0 Å². The summed E-state index contributed by atoms with van der Waals surface area (Å²) in [6.07, 6.45) is 19.8. The molecule has 0 bridgehead atoms. The molecule has 1 heterocycles. The normalized spacial score (nSPS) is 17.3. The predicted molar refractivity (Wildman–Crippen MR) is 135 cm³/mol. The number of rotatable bonds is 20. The van der Waals surface area contributed by atoms with E-state index in [9.17, 15) is 13.2 Å². The Balaban J connectivity index is 2.25. The molecule has 32 heavy (non-hydrogen) atoms. The van der Waals surface area contributed by atoms with Gasteiger partial charge in [0, 0.05) is 19.5 Å². The molecule has 1 aliphatic rings.